The van der Waals surface area contributed by atoms with Crippen LogP contribution in [0.15, 0.2) is 30.3 Å². The van der Waals surface area contributed by atoms with Crippen molar-refractivity contribution in [3.05, 3.63) is 41.6 Å². The fourth-order valence-electron chi connectivity index (χ4n) is 3.71. The molecule has 112 valence electrons. The van der Waals surface area contributed by atoms with Crippen molar-refractivity contribution in [1.29, 1.82) is 0 Å². The summed E-state index contributed by atoms with van der Waals surface area (Å²) in [6, 6.07) is 9.98. The summed E-state index contributed by atoms with van der Waals surface area (Å²) < 4.78 is 0. The summed E-state index contributed by atoms with van der Waals surface area (Å²) in [7, 11) is 0. The number of aromatic nitrogens is 3. The predicted molar refractivity (Wildman–Crippen MR) is 89.7 cm³/mol. The molecular weight excluding hydrogens is 272 g/mol. The Morgan fingerprint density at radius 3 is 2.55 bits per heavy atom. The molecule has 22 heavy (non-hydrogen) atoms. The standard InChI is InChI=1S/C18H20N4/c1-11-14(12-7-5-6-8-12)15-16(19)21-17(22-18(15)20-11)13-9-3-2-4-10-13/h2-4,9-10,12H,5-8H2,1H3,(H3,19,20,21,22). The lowest BCUT2D eigenvalue weighted by Crippen LogP contribution is -2.00. The Kier molecular flexibility index (Phi) is 3.10. The van der Waals surface area contributed by atoms with Crippen LogP contribution in [0.5, 0.6) is 0 Å². The lowest BCUT2D eigenvalue weighted by molar-refractivity contribution is 0.723. The van der Waals surface area contributed by atoms with E-state index < -0.39 is 0 Å². The summed E-state index contributed by atoms with van der Waals surface area (Å²) in [5, 5.41) is 1.03. The topological polar surface area (TPSA) is 67.6 Å². The quantitative estimate of drug-likeness (QED) is 0.744. The number of aryl methyl sites for hydroxylation is 1. The van der Waals surface area contributed by atoms with E-state index in [4.69, 9.17) is 10.7 Å². The smallest absolute Gasteiger partial charge is 0.163 e. The second-order valence-electron chi connectivity index (χ2n) is 6.17. The molecular formula is C18H20N4. The molecule has 0 saturated heterocycles. The van der Waals surface area contributed by atoms with Gasteiger partial charge in [0.05, 0.1) is 5.39 Å². The SMILES string of the molecule is Cc1[nH]c2nc(-c3ccccc3)nc(N)c2c1C1CCCC1. The van der Waals surface area contributed by atoms with Gasteiger partial charge in [-0.2, -0.15) is 0 Å². The van der Waals surface area contributed by atoms with E-state index in [-0.39, 0.29) is 0 Å². The van der Waals surface area contributed by atoms with Crippen molar-refractivity contribution in [2.45, 2.75) is 38.5 Å². The zero-order valence-corrected chi connectivity index (χ0v) is 12.8. The van der Waals surface area contributed by atoms with Crippen LogP contribution in [0.4, 0.5) is 5.82 Å². The molecule has 1 aliphatic carbocycles. The van der Waals surface area contributed by atoms with Gasteiger partial charge < -0.3 is 10.7 Å². The van der Waals surface area contributed by atoms with Crippen LogP contribution in [0.3, 0.4) is 0 Å². The third-order valence-corrected chi connectivity index (χ3v) is 4.71. The van der Waals surface area contributed by atoms with Crippen molar-refractivity contribution >= 4 is 16.9 Å². The van der Waals surface area contributed by atoms with E-state index in [9.17, 15) is 0 Å². The van der Waals surface area contributed by atoms with Gasteiger partial charge in [0.15, 0.2) is 5.82 Å². The van der Waals surface area contributed by atoms with Gasteiger partial charge in [0.25, 0.3) is 0 Å². The molecule has 0 amide bonds. The molecule has 1 aromatic carbocycles. The van der Waals surface area contributed by atoms with Gasteiger partial charge in [0, 0.05) is 11.3 Å². The molecule has 0 radical (unpaired) electrons. The van der Waals surface area contributed by atoms with E-state index >= 15 is 0 Å². The zero-order valence-electron chi connectivity index (χ0n) is 12.8. The van der Waals surface area contributed by atoms with Crippen LogP contribution >= 0.6 is 0 Å². The van der Waals surface area contributed by atoms with Gasteiger partial charge in [0.2, 0.25) is 0 Å². The van der Waals surface area contributed by atoms with E-state index in [1.54, 1.807) is 0 Å². The maximum absolute atomic E-state index is 6.31. The van der Waals surface area contributed by atoms with E-state index in [1.165, 1.54) is 36.9 Å². The molecule has 2 heterocycles. The molecule has 3 N–H and O–H groups in total. The monoisotopic (exact) mass is 292 g/mol. The fourth-order valence-corrected chi connectivity index (χ4v) is 3.71. The van der Waals surface area contributed by atoms with Gasteiger partial charge in [0.1, 0.15) is 11.5 Å². The minimum Gasteiger partial charge on any atom is -0.383 e. The zero-order chi connectivity index (χ0) is 15.1. The molecule has 4 nitrogen and oxygen atoms in total. The van der Waals surface area contributed by atoms with Crippen LogP contribution in [-0.2, 0) is 0 Å². The Bertz CT molecular complexity index is 814. The molecule has 1 aliphatic rings. The van der Waals surface area contributed by atoms with Gasteiger partial charge in [-0.25, -0.2) is 9.97 Å². The van der Waals surface area contributed by atoms with Crippen LogP contribution in [0.1, 0.15) is 42.9 Å². The average Bonchev–Trinajstić information content (AvgIpc) is 3.14. The second-order valence-corrected chi connectivity index (χ2v) is 6.17. The highest BCUT2D eigenvalue weighted by Gasteiger charge is 2.25. The molecule has 0 atom stereocenters. The highest BCUT2D eigenvalue weighted by Crippen LogP contribution is 2.41. The lowest BCUT2D eigenvalue weighted by Gasteiger charge is -2.10. The van der Waals surface area contributed by atoms with Crippen molar-refractivity contribution in [2.24, 2.45) is 0 Å². The Morgan fingerprint density at radius 1 is 1.09 bits per heavy atom. The number of nitrogens with two attached hydrogens (primary N) is 1. The van der Waals surface area contributed by atoms with E-state index in [1.807, 2.05) is 30.3 Å². The number of hydrogen-bond donors (Lipinski definition) is 2. The molecule has 3 aromatic rings. The molecule has 1 fully saturated rings. The van der Waals surface area contributed by atoms with Gasteiger partial charge in [-0.15, -0.1) is 0 Å². The maximum atomic E-state index is 6.31. The number of nitrogen functional groups attached to an aromatic ring is 1. The maximum Gasteiger partial charge on any atom is 0.163 e. The molecule has 0 bridgehead atoms. The van der Waals surface area contributed by atoms with Crippen molar-refractivity contribution in [1.82, 2.24) is 15.0 Å². The van der Waals surface area contributed by atoms with Gasteiger partial charge >= 0.3 is 0 Å². The van der Waals surface area contributed by atoms with Crippen LogP contribution in [0.2, 0.25) is 0 Å². The third-order valence-electron chi connectivity index (χ3n) is 4.71. The molecule has 0 aliphatic heterocycles. The van der Waals surface area contributed by atoms with E-state index in [2.05, 4.69) is 16.9 Å². The van der Waals surface area contributed by atoms with Crippen molar-refractivity contribution in [3.63, 3.8) is 0 Å². The van der Waals surface area contributed by atoms with E-state index in [0.29, 0.717) is 17.6 Å². The Labute approximate surface area is 129 Å². The average molecular weight is 292 g/mol. The number of nitrogens with one attached hydrogen (secondary N) is 1. The van der Waals surface area contributed by atoms with Gasteiger partial charge in [-0.3, -0.25) is 0 Å². The summed E-state index contributed by atoms with van der Waals surface area (Å²) >= 11 is 0. The fraction of sp³-hybridized carbons (Fsp3) is 0.333. The van der Waals surface area contributed by atoms with Crippen molar-refractivity contribution in [3.8, 4) is 11.4 Å². The first-order chi connectivity index (χ1) is 10.7. The van der Waals surface area contributed by atoms with E-state index in [0.717, 1.165) is 16.6 Å². The largest absolute Gasteiger partial charge is 0.383 e. The highest BCUT2D eigenvalue weighted by molar-refractivity contribution is 5.92. The minimum atomic E-state index is 0.593. The van der Waals surface area contributed by atoms with Crippen molar-refractivity contribution in [2.75, 3.05) is 5.73 Å². The third kappa shape index (κ3) is 2.06. The Balaban J connectivity index is 1.90. The molecule has 4 heteroatoms. The highest BCUT2D eigenvalue weighted by atomic mass is 15.0. The molecule has 1 saturated carbocycles. The lowest BCUT2D eigenvalue weighted by atomic mass is 9.95. The first-order valence-corrected chi connectivity index (χ1v) is 7.95. The summed E-state index contributed by atoms with van der Waals surface area (Å²) in [4.78, 5) is 12.7. The Hall–Kier alpha value is -2.36. The summed E-state index contributed by atoms with van der Waals surface area (Å²) in [6.45, 7) is 2.12. The minimum absolute atomic E-state index is 0.593. The van der Waals surface area contributed by atoms with Gasteiger partial charge in [-0.05, 0) is 31.2 Å². The number of rotatable bonds is 2. The first-order valence-electron chi connectivity index (χ1n) is 7.95. The normalized spacial score (nSPS) is 15.7. The molecule has 0 spiro atoms. The number of aromatic amines is 1. The number of hydrogen-bond acceptors (Lipinski definition) is 3. The Morgan fingerprint density at radius 2 is 1.82 bits per heavy atom. The number of benzene rings is 1. The summed E-state index contributed by atoms with van der Waals surface area (Å²) in [5.41, 5.74) is 10.7. The number of H-pyrrole nitrogens is 1. The predicted octanol–water partition coefficient (Wildman–Crippen LogP) is 4.17. The number of fused-ring (bicyclic) bond motifs is 1. The second kappa shape index (κ2) is 5.13. The molecule has 0 unspecified atom stereocenters. The molecule has 4 rings (SSSR count). The first kappa shape index (κ1) is 13.3. The van der Waals surface area contributed by atoms with Gasteiger partial charge in [-0.1, -0.05) is 43.2 Å². The van der Waals surface area contributed by atoms with Crippen LogP contribution < -0.4 is 5.73 Å². The number of nitrogens with zero attached hydrogens (tertiary/aromatic N) is 2. The number of anilines is 1. The van der Waals surface area contributed by atoms with Crippen molar-refractivity contribution < 1.29 is 0 Å². The van der Waals surface area contributed by atoms with Crippen LogP contribution in [0.25, 0.3) is 22.4 Å². The van der Waals surface area contributed by atoms with Crippen LogP contribution in [-0.4, -0.2) is 15.0 Å². The summed E-state index contributed by atoms with van der Waals surface area (Å²) in [6.07, 6.45) is 5.10. The summed E-state index contributed by atoms with van der Waals surface area (Å²) in [5.74, 6) is 1.88. The molecule has 2 aromatic heterocycles. The van der Waals surface area contributed by atoms with Crippen LogP contribution in [0, 0.1) is 6.92 Å².